The first-order valence-corrected chi connectivity index (χ1v) is 9.35. The molecule has 2 aliphatic heterocycles. The van der Waals surface area contributed by atoms with Gasteiger partial charge in [0, 0.05) is 0 Å². The molecule has 4 bridgehead atoms. The summed E-state index contributed by atoms with van der Waals surface area (Å²) in [7, 11) is 0. The van der Waals surface area contributed by atoms with Crippen LogP contribution in [0.3, 0.4) is 0 Å². The van der Waals surface area contributed by atoms with Gasteiger partial charge in [0.05, 0.1) is 10.8 Å². The van der Waals surface area contributed by atoms with Crippen LogP contribution < -0.4 is 0 Å². The highest BCUT2D eigenvalue weighted by atomic mass is 16.6. The fourth-order valence-corrected chi connectivity index (χ4v) is 4.90. The molecular formula is C20H32O4. The number of hydrogen-bond acceptors (Lipinski definition) is 4. The fourth-order valence-electron chi connectivity index (χ4n) is 4.90. The van der Waals surface area contributed by atoms with Gasteiger partial charge in [-0.3, -0.25) is 9.59 Å². The van der Waals surface area contributed by atoms with Crippen molar-refractivity contribution in [2.45, 2.75) is 91.3 Å². The molecule has 136 valence electrons. The zero-order valence-electron chi connectivity index (χ0n) is 16.0. The maximum Gasteiger partial charge on any atom is 0.312 e. The van der Waals surface area contributed by atoms with Gasteiger partial charge in [-0.25, -0.2) is 0 Å². The van der Waals surface area contributed by atoms with E-state index in [2.05, 4.69) is 6.92 Å². The minimum absolute atomic E-state index is 0.00116. The summed E-state index contributed by atoms with van der Waals surface area (Å²) in [5.74, 6) is 1.14. The van der Waals surface area contributed by atoms with Gasteiger partial charge in [-0.15, -0.1) is 0 Å². The van der Waals surface area contributed by atoms with E-state index in [9.17, 15) is 9.59 Å². The van der Waals surface area contributed by atoms with Crippen LogP contribution in [-0.4, -0.2) is 23.1 Å². The Labute approximate surface area is 145 Å². The molecule has 4 nitrogen and oxygen atoms in total. The van der Waals surface area contributed by atoms with Crippen molar-refractivity contribution in [3.8, 4) is 0 Å². The summed E-state index contributed by atoms with van der Waals surface area (Å²) < 4.78 is 10.9. The molecule has 4 heteroatoms. The third-order valence-electron chi connectivity index (χ3n) is 7.16. The molecule has 4 atom stereocenters. The molecule has 0 aromatic rings. The molecule has 2 heterocycles. The second-order valence-electron chi connectivity index (χ2n) is 9.99. The quantitative estimate of drug-likeness (QED) is 0.620. The molecule has 0 spiro atoms. The van der Waals surface area contributed by atoms with E-state index in [1.54, 1.807) is 0 Å². The highest BCUT2D eigenvalue weighted by Crippen LogP contribution is 2.52. The zero-order chi connectivity index (χ0) is 18.0. The van der Waals surface area contributed by atoms with E-state index >= 15 is 0 Å². The minimum atomic E-state index is -0.240. The van der Waals surface area contributed by atoms with Crippen LogP contribution in [0.15, 0.2) is 0 Å². The SMILES string of the molecule is CC12CCC(C1)C(C)(C)C(=O)O2.CC12CCC(C1)C(C)(C)OC2=O. The Balaban J connectivity index is 0.000000141. The van der Waals surface area contributed by atoms with Gasteiger partial charge >= 0.3 is 11.9 Å². The van der Waals surface area contributed by atoms with Crippen molar-refractivity contribution in [1.29, 1.82) is 0 Å². The van der Waals surface area contributed by atoms with E-state index in [1.807, 2.05) is 34.6 Å². The van der Waals surface area contributed by atoms with Crippen LogP contribution in [-0.2, 0) is 19.1 Å². The lowest BCUT2D eigenvalue weighted by Gasteiger charge is -2.39. The van der Waals surface area contributed by atoms with Crippen LogP contribution >= 0.6 is 0 Å². The second-order valence-corrected chi connectivity index (χ2v) is 9.99. The first-order chi connectivity index (χ1) is 10.9. The van der Waals surface area contributed by atoms with Gasteiger partial charge < -0.3 is 9.47 Å². The van der Waals surface area contributed by atoms with Crippen molar-refractivity contribution in [3.05, 3.63) is 0 Å². The summed E-state index contributed by atoms with van der Waals surface area (Å²) in [6.45, 7) is 12.2. The zero-order valence-corrected chi connectivity index (χ0v) is 16.0. The number of hydrogen-bond donors (Lipinski definition) is 0. The fraction of sp³-hybridized carbons (Fsp3) is 0.900. The van der Waals surface area contributed by atoms with E-state index in [4.69, 9.17) is 9.47 Å². The molecule has 4 aliphatic rings. The lowest BCUT2D eigenvalue weighted by molar-refractivity contribution is -0.181. The molecule has 2 saturated carbocycles. The number of rotatable bonds is 0. The van der Waals surface area contributed by atoms with Gasteiger partial charge in [0.15, 0.2) is 0 Å². The monoisotopic (exact) mass is 336 g/mol. The summed E-state index contributed by atoms with van der Waals surface area (Å²) in [5, 5.41) is 0. The van der Waals surface area contributed by atoms with Crippen LogP contribution in [0, 0.1) is 22.7 Å². The number of cyclic esters (lactones) is 1. The number of fused-ring (bicyclic) bond motifs is 4. The lowest BCUT2D eigenvalue weighted by Crippen LogP contribution is -2.44. The Kier molecular flexibility index (Phi) is 3.86. The molecule has 0 N–H and O–H groups in total. The van der Waals surface area contributed by atoms with E-state index in [-0.39, 0.29) is 34.0 Å². The first-order valence-electron chi connectivity index (χ1n) is 9.35. The molecule has 24 heavy (non-hydrogen) atoms. The molecule has 4 rings (SSSR count). The van der Waals surface area contributed by atoms with Gasteiger partial charge in [-0.2, -0.15) is 0 Å². The van der Waals surface area contributed by atoms with Crippen molar-refractivity contribution in [2.75, 3.05) is 0 Å². The normalized spacial score (nSPS) is 44.2. The molecule has 2 saturated heterocycles. The Bertz CT molecular complexity index is 558. The number of carbonyl (C=O) groups is 2. The third kappa shape index (κ3) is 2.76. The van der Waals surface area contributed by atoms with Crippen molar-refractivity contribution in [3.63, 3.8) is 0 Å². The van der Waals surface area contributed by atoms with Crippen molar-refractivity contribution in [2.24, 2.45) is 22.7 Å². The highest BCUT2D eigenvalue weighted by Gasteiger charge is 2.55. The highest BCUT2D eigenvalue weighted by molar-refractivity contribution is 5.78. The molecular weight excluding hydrogens is 304 g/mol. The average molecular weight is 336 g/mol. The van der Waals surface area contributed by atoms with Gasteiger partial charge in [0.2, 0.25) is 0 Å². The van der Waals surface area contributed by atoms with Gasteiger partial charge in [0.25, 0.3) is 0 Å². The summed E-state index contributed by atoms with van der Waals surface area (Å²) in [4.78, 5) is 23.1. The molecule has 4 unspecified atom stereocenters. The molecule has 2 aliphatic carbocycles. The Morgan fingerprint density at radius 3 is 2.08 bits per heavy atom. The number of esters is 2. The molecule has 0 amide bonds. The Hall–Kier alpha value is -1.06. The average Bonchev–Trinajstić information content (AvgIpc) is 2.99. The van der Waals surface area contributed by atoms with E-state index in [1.165, 1.54) is 0 Å². The predicted octanol–water partition coefficient (Wildman–Crippen LogP) is 4.26. The van der Waals surface area contributed by atoms with Crippen LogP contribution in [0.25, 0.3) is 0 Å². The number of ether oxygens (including phenoxy) is 2. The minimum Gasteiger partial charge on any atom is -0.459 e. The Morgan fingerprint density at radius 1 is 0.792 bits per heavy atom. The van der Waals surface area contributed by atoms with Crippen LogP contribution in [0.2, 0.25) is 0 Å². The van der Waals surface area contributed by atoms with Crippen LogP contribution in [0.4, 0.5) is 0 Å². The molecule has 0 aromatic carbocycles. The summed E-state index contributed by atoms with van der Waals surface area (Å²) in [6.07, 6.45) is 6.45. The van der Waals surface area contributed by atoms with Crippen molar-refractivity contribution < 1.29 is 19.1 Å². The smallest absolute Gasteiger partial charge is 0.312 e. The standard InChI is InChI=1S/2C10H16O2/c1-9(2)7-4-5-10(3,6-7)8(11)12-9;1-9(2)7-4-5-10(3,6-7)12-8(9)11/h2*7H,4-6H2,1-3H3. The van der Waals surface area contributed by atoms with Crippen LogP contribution in [0.1, 0.15) is 80.1 Å². The maximum atomic E-state index is 11.6. The van der Waals surface area contributed by atoms with Crippen molar-refractivity contribution in [1.82, 2.24) is 0 Å². The summed E-state index contributed by atoms with van der Waals surface area (Å²) in [6, 6.07) is 0. The molecule has 0 radical (unpaired) electrons. The lowest BCUT2D eigenvalue weighted by atomic mass is 9.75. The topological polar surface area (TPSA) is 52.6 Å². The predicted molar refractivity (Wildman–Crippen MR) is 91.2 cm³/mol. The van der Waals surface area contributed by atoms with E-state index in [0.717, 1.165) is 38.5 Å². The number of carbonyl (C=O) groups excluding carboxylic acids is 2. The first kappa shape index (κ1) is 17.8. The second kappa shape index (κ2) is 5.22. The largest absolute Gasteiger partial charge is 0.459 e. The van der Waals surface area contributed by atoms with Gasteiger partial charge in [-0.05, 0) is 91.9 Å². The maximum absolute atomic E-state index is 11.6. The molecule has 4 fully saturated rings. The molecule has 0 aromatic heterocycles. The van der Waals surface area contributed by atoms with Gasteiger partial charge in [0.1, 0.15) is 11.2 Å². The summed E-state index contributed by atoms with van der Waals surface area (Å²) in [5.41, 5.74) is -0.736. The Morgan fingerprint density at radius 2 is 1.42 bits per heavy atom. The van der Waals surface area contributed by atoms with Crippen molar-refractivity contribution >= 4 is 11.9 Å². The summed E-state index contributed by atoms with van der Waals surface area (Å²) >= 11 is 0. The van der Waals surface area contributed by atoms with E-state index in [0.29, 0.717) is 11.8 Å². The van der Waals surface area contributed by atoms with E-state index < -0.39 is 0 Å². The van der Waals surface area contributed by atoms with Gasteiger partial charge in [-0.1, -0.05) is 0 Å². The third-order valence-corrected chi connectivity index (χ3v) is 7.16. The van der Waals surface area contributed by atoms with Crippen LogP contribution in [0.5, 0.6) is 0 Å².